The van der Waals surface area contributed by atoms with Gasteiger partial charge in [-0.1, -0.05) is 11.6 Å². The van der Waals surface area contributed by atoms with E-state index >= 15 is 0 Å². The summed E-state index contributed by atoms with van der Waals surface area (Å²) >= 11 is 11.9. The molecule has 1 fully saturated rings. The standard InChI is InChI=1S/C15H17Cl2N3O/c1-9(15(21)18-11-3-4-11)20-13-5-2-10(17)8-12(13)19-14(20)6-7-16/h2,5,8-9,11H,3-4,6-7H2,1H3,(H,18,21). The summed E-state index contributed by atoms with van der Waals surface area (Å²) < 4.78 is 1.96. The number of amides is 1. The van der Waals surface area contributed by atoms with Crippen molar-refractivity contribution < 1.29 is 4.79 Å². The van der Waals surface area contributed by atoms with Crippen LogP contribution in [0.15, 0.2) is 18.2 Å². The average molecular weight is 326 g/mol. The number of hydrogen-bond acceptors (Lipinski definition) is 2. The van der Waals surface area contributed by atoms with Crippen LogP contribution < -0.4 is 5.32 Å². The fourth-order valence-electron chi connectivity index (χ4n) is 2.48. The van der Waals surface area contributed by atoms with E-state index in [1.165, 1.54) is 0 Å². The molecule has 1 aromatic carbocycles. The highest BCUT2D eigenvalue weighted by molar-refractivity contribution is 6.31. The van der Waals surface area contributed by atoms with E-state index in [1.807, 2.05) is 29.7 Å². The van der Waals surface area contributed by atoms with Crippen molar-refractivity contribution in [1.82, 2.24) is 14.9 Å². The van der Waals surface area contributed by atoms with Gasteiger partial charge in [0.1, 0.15) is 11.9 Å². The van der Waals surface area contributed by atoms with Crippen molar-refractivity contribution in [3.05, 3.63) is 29.0 Å². The largest absolute Gasteiger partial charge is 0.352 e. The number of aryl methyl sites for hydroxylation is 1. The van der Waals surface area contributed by atoms with Crippen LogP contribution in [-0.2, 0) is 11.2 Å². The molecule has 112 valence electrons. The zero-order valence-electron chi connectivity index (χ0n) is 11.8. The summed E-state index contributed by atoms with van der Waals surface area (Å²) in [7, 11) is 0. The van der Waals surface area contributed by atoms with Crippen LogP contribution in [0.3, 0.4) is 0 Å². The Morgan fingerprint density at radius 2 is 2.29 bits per heavy atom. The van der Waals surface area contributed by atoms with Gasteiger partial charge < -0.3 is 9.88 Å². The first kappa shape index (κ1) is 14.7. The number of hydrogen-bond donors (Lipinski definition) is 1. The van der Waals surface area contributed by atoms with E-state index in [9.17, 15) is 4.79 Å². The molecule has 1 amide bonds. The summed E-state index contributed by atoms with van der Waals surface area (Å²) in [6, 6.07) is 5.58. The number of rotatable bonds is 5. The maximum atomic E-state index is 12.3. The first-order valence-electron chi connectivity index (χ1n) is 7.13. The Morgan fingerprint density at radius 3 is 2.95 bits per heavy atom. The molecule has 3 rings (SSSR count). The first-order chi connectivity index (χ1) is 10.1. The molecule has 1 unspecified atom stereocenters. The number of halogens is 2. The van der Waals surface area contributed by atoms with E-state index in [0.717, 1.165) is 29.7 Å². The Hall–Kier alpha value is -1.26. The van der Waals surface area contributed by atoms with Crippen LogP contribution in [0.2, 0.25) is 5.02 Å². The molecule has 0 bridgehead atoms. The maximum Gasteiger partial charge on any atom is 0.243 e. The van der Waals surface area contributed by atoms with E-state index in [2.05, 4.69) is 10.3 Å². The number of benzene rings is 1. The lowest BCUT2D eigenvalue weighted by atomic mass is 10.2. The molecule has 0 aliphatic heterocycles. The third kappa shape index (κ3) is 3.01. The second kappa shape index (κ2) is 5.85. The molecule has 21 heavy (non-hydrogen) atoms. The van der Waals surface area contributed by atoms with Gasteiger partial charge in [0, 0.05) is 23.4 Å². The summed E-state index contributed by atoms with van der Waals surface area (Å²) in [4.78, 5) is 16.9. The highest BCUT2D eigenvalue weighted by atomic mass is 35.5. The Bertz CT molecular complexity index is 679. The second-order valence-corrected chi connectivity index (χ2v) is 6.24. The lowest BCUT2D eigenvalue weighted by molar-refractivity contribution is -0.124. The molecular weight excluding hydrogens is 309 g/mol. The van der Waals surface area contributed by atoms with E-state index in [-0.39, 0.29) is 11.9 Å². The number of aromatic nitrogens is 2. The minimum Gasteiger partial charge on any atom is -0.352 e. The third-order valence-corrected chi connectivity index (χ3v) is 4.16. The lowest BCUT2D eigenvalue weighted by Gasteiger charge is -2.17. The molecule has 1 aliphatic carbocycles. The van der Waals surface area contributed by atoms with Crippen LogP contribution in [-0.4, -0.2) is 27.4 Å². The van der Waals surface area contributed by atoms with Crippen molar-refractivity contribution >= 4 is 40.1 Å². The molecule has 1 heterocycles. The number of nitrogens with zero attached hydrogens (tertiary/aromatic N) is 2. The van der Waals surface area contributed by atoms with Crippen molar-refractivity contribution in [3.8, 4) is 0 Å². The van der Waals surface area contributed by atoms with Gasteiger partial charge in [-0.05, 0) is 38.0 Å². The van der Waals surface area contributed by atoms with Gasteiger partial charge in [-0.3, -0.25) is 4.79 Å². The Kier molecular flexibility index (Phi) is 4.09. The fourth-order valence-corrected chi connectivity index (χ4v) is 2.82. The maximum absolute atomic E-state index is 12.3. The topological polar surface area (TPSA) is 46.9 Å². The summed E-state index contributed by atoms with van der Waals surface area (Å²) in [6.45, 7) is 1.89. The fraction of sp³-hybridized carbons (Fsp3) is 0.467. The molecule has 1 aromatic heterocycles. The van der Waals surface area contributed by atoms with Gasteiger partial charge in [0.2, 0.25) is 5.91 Å². The molecular formula is C15H17Cl2N3O. The predicted molar refractivity (Wildman–Crippen MR) is 85.0 cm³/mol. The summed E-state index contributed by atoms with van der Waals surface area (Å²) in [5.74, 6) is 1.32. The van der Waals surface area contributed by atoms with Gasteiger partial charge in [0.15, 0.2) is 0 Å². The quantitative estimate of drug-likeness (QED) is 0.857. The molecule has 0 spiro atoms. The smallest absolute Gasteiger partial charge is 0.243 e. The van der Waals surface area contributed by atoms with E-state index in [1.54, 1.807) is 0 Å². The number of fused-ring (bicyclic) bond motifs is 1. The summed E-state index contributed by atoms with van der Waals surface area (Å²) in [5, 5.41) is 3.68. The van der Waals surface area contributed by atoms with E-state index < -0.39 is 0 Å². The minimum atomic E-state index is -0.310. The SMILES string of the molecule is CC(C(=O)NC1CC1)n1c(CCCl)nc2cc(Cl)ccc21. The summed E-state index contributed by atoms with van der Waals surface area (Å²) in [6.07, 6.45) is 2.77. The molecule has 0 radical (unpaired) electrons. The van der Waals surface area contributed by atoms with Crippen molar-refractivity contribution in [2.24, 2.45) is 0 Å². The molecule has 4 nitrogen and oxygen atoms in total. The number of nitrogens with one attached hydrogen (secondary N) is 1. The Labute approximate surface area is 133 Å². The van der Waals surface area contributed by atoms with Gasteiger partial charge in [-0.2, -0.15) is 0 Å². The number of carbonyl (C=O) groups is 1. The van der Waals surface area contributed by atoms with E-state index in [4.69, 9.17) is 23.2 Å². The molecule has 1 aliphatic rings. The van der Waals surface area contributed by atoms with Crippen LogP contribution >= 0.6 is 23.2 Å². The normalized spacial score (nSPS) is 16.1. The lowest BCUT2D eigenvalue weighted by Crippen LogP contribution is -2.33. The van der Waals surface area contributed by atoms with Gasteiger partial charge >= 0.3 is 0 Å². The van der Waals surface area contributed by atoms with Crippen LogP contribution in [0.25, 0.3) is 11.0 Å². The third-order valence-electron chi connectivity index (χ3n) is 3.73. The molecule has 1 saturated carbocycles. The minimum absolute atomic E-state index is 0.0302. The monoisotopic (exact) mass is 325 g/mol. The van der Waals surface area contributed by atoms with Gasteiger partial charge in [0.25, 0.3) is 0 Å². The zero-order chi connectivity index (χ0) is 15.0. The number of imidazole rings is 1. The van der Waals surface area contributed by atoms with Crippen molar-refractivity contribution in [3.63, 3.8) is 0 Å². The van der Waals surface area contributed by atoms with Crippen LogP contribution in [0.5, 0.6) is 0 Å². The van der Waals surface area contributed by atoms with Crippen molar-refractivity contribution in [2.75, 3.05) is 5.88 Å². The number of alkyl halides is 1. The van der Waals surface area contributed by atoms with Crippen LogP contribution in [0.1, 0.15) is 31.6 Å². The highest BCUT2D eigenvalue weighted by Gasteiger charge is 2.28. The van der Waals surface area contributed by atoms with Gasteiger partial charge in [-0.15, -0.1) is 11.6 Å². The molecule has 6 heteroatoms. The Morgan fingerprint density at radius 1 is 1.52 bits per heavy atom. The second-order valence-electron chi connectivity index (χ2n) is 5.43. The molecule has 1 atom stereocenters. The van der Waals surface area contributed by atoms with Crippen molar-refractivity contribution in [1.29, 1.82) is 0 Å². The average Bonchev–Trinajstić information content (AvgIpc) is 3.18. The molecule has 2 aromatic rings. The van der Waals surface area contributed by atoms with Crippen LogP contribution in [0.4, 0.5) is 0 Å². The van der Waals surface area contributed by atoms with Crippen molar-refractivity contribution in [2.45, 2.75) is 38.3 Å². The van der Waals surface area contributed by atoms with E-state index in [0.29, 0.717) is 23.4 Å². The molecule has 1 N–H and O–H groups in total. The Balaban J connectivity index is 2.00. The summed E-state index contributed by atoms with van der Waals surface area (Å²) in [5.41, 5.74) is 1.71. The highest BCUT2D eigenvalue weighted by Crippen LogP contribution is 2.26. The van der Waals surface area contributed by atoms with Gasteiger partial charge in [0.05, 0.1) is 11.0 Å². The molecule has 0 saturated heterocycles. The van der Waals surface area contributed by atoms with Crippen LogP contribution in [0, 0.1) is 0 Å². The zero-order valence-corrected chi connectivity index (χ0v) is 13.3. The number of carbonyl (C=O) groups excluding carboxylic acids is 1. The first-order valence-corrected chi connectivity index (χ1v) is 8.04. The van der Waals surface area contributed by atoms with Gasteiger partial charge in [-0.25, -0.2) is 4.98 Å². The predicted octanol–water partition coefficient (Wildman–Crippen LogP) is 3.31.